The van der Waals surface area contributed by atoms with Crippen molar-refractivity contribution in [2.75, 3.05) is 33.9 Å². The van der Waals surface area contributed by atoms with Gasteiger partial charge >= 0.3 is 5.97 Å². The minimum atomic E-state index is -0.0913. The number of nitrogens with one attached hydrogen (secondary N) is 2. The van der Waals surface area contributed by atoms with Crippen LogP contribution in [-0.2, 0) is 16.0 Å². The van der Waals surface area contributed by atoms with Gasteiger partial charge in [-0.05, 0) is 50.3 Å². The van der Waals surface area contributed by atoms with Gasteiger partial charge in [-0.25, -0.2) is 0 Å². The van der Waals surface area contributed by atoms with Crippen LogP contribution >= 0.6 is 0 Å². The smallest absolute Gasteiger partial charge is 0.305 e. The molecular weight excluding hydrogens is 342 g/mol. The maximum atomic E-state index is 11.2. The normalized spacial score (nSPS) is 11.2. The summed E-state index contributed by atoms with van der Waals surface area (Å²) in [6.45, 7) is 6.03. The van der Waals surface area contributed by atoms with Crippen LogP contribution in [0.4, 0.5) is 0 Å². The van der Waals surface area contributed by atoms with Crippen molar-refractivity contribution in [1.82, 2.24) is 10.6 Å². The Bertz CT molecular complexity index is 588. The molecule has 1 aromatic carbocycles. The van der Waals surface area contributed by atoms with Gasteiger partial charge in [0.1, 0.15) is 5.75 Å². The van der Waals surface area contributed by atoms with Crippen molar-refractivity contribution >= 4 is 11.9 Å². The molecule has 0 saturated heterocycles. The molecule has 0 amide bonds. The number of aliphatic imine (C=N–C) groups is 1. The predicted molar refractivity (Wildman–Crippen MR) is 111 cm³/mol. The van der Waals surface area contributed by atoms with Gasteiger partial charge in [0.15, 0.2) is 5.96 Å². The lowest BCUT2D eigenvalue weighted by atomic mass is 10.1. The summed E-state index contributed by atoms with van der Waals surface area (Å²) in [5.41, 5.74) is 2.39. The van der Waals surface area contributed by atoms with Crippen molar-refractivity contribution in [3.8, 4) is 5.75 Å². The van der Waals surface area contributed by atoms with E-state index in [4.69, 9.17) is 9.47 Å². The predicted octanol–water partition coefficient (Wildman–Crippen LogP) is 3.22. The van der Waals surface area contributed by atoms with E-state index in [1.165, 1.54) is 5.56 Å². The minimum absolute atomic E-state index is 0.0913. The number of hydrogen-bond acceptors (Lipinski definition) is 4. The van der Waals surface area contributed by atoms with Gasteiger partial charge in [0.25, 0.3) is 0 Å². The molecule has 1 aromatic rings. The van der Waals surface area contributed by atoms with E-state index in [9.17, 15) is 4.79 Å². The Hall–Kier alpha value is -2.24. The fraction of sp³-hybridized carbons (Fsp3) is 0.619. The number of esters is 1. The zero-order valence-electron chi connectivity index (χ0n) is 17.3. The summed E-state index contributed by atoms with van der Waals surface area (Å²) in [7, 11) is 3.48. The monoisotopic (exact) mass is 377 g/mol. The van der Waals surface area contributed by atoms with Crippen LogP contribution in [0, 0.1) is 6.92 Å². The first-order chi connectivity index (χ1) is 13.1. The molecule has 0 fully saturated rings. The van der Waals surface area contributed by atoms with Crippen LogP contribution in [0.1, 0.15) is 50.2 Å². The average Bonchev–Trinajstić information content (AvgIpc) is 2.67. The number of hydrogen-bond donors (Lipinski definition) is 2. The summed E-state index contributed by atoms with van der Waals surface area (Å²) in [4.78, 5) is 15.5. The standard InChI is InChI=1S/C21H35N3O3/c1-5-27-20(25)10-8-6-7-9-14-23-21(22-3)24-15-13-18-12-11-17(2)19(16-18)26-4/h11-12,16H,5-10,13-15H2,1-4H3,(H2,22,23,24). The lowest BCUT2D eigenvalue weighted by Gasteiger charge is -2.12. The molecule has 6 nitrogen and oxygen atoms in total. The lowest BCUT2D eigenvalue weighted by molar-refractivity contribution is -0.143. The molecule has 0 saturated carbocycles. The van der Waals surface area contributed by atoms with Gasteiger partial charge in [-0.15, -0.1) is 0 Å². The van der Waals surface area contributed by atoms with E-state index < -0.39 is 0 Å². The molecule has 1 rings (SSSR count). The number of carbonyl (C=O) groups is 1. The van der Waals surface area contributed by atoms with Crippen LogP contribution in [0.3, 0.4) is 0 Å². The Kier molecular flexibility index (Phi) is 11.7. The molecule has 0 aliphatic heterocycles. The Morgan fingerprint density at radius 2 is 1.85 bits per heavy atom. The van der Waals surface area contributed by atoms with Crippen LogP contribution in [0.25, 0.3) is 0 Å². The van der Waals surface area contributed by atoms with Crippen molar-refractivity contribution in [2.45, 2.75) is 52.4 Å². The largest absolute Gasteiger partial charge is 0.496 e. The second kappa shape index (κ2) is 13.9. The Balaban J connectivity index is 2.14. The molecular formula is C21H35N3O3. The minimum Gasteiger partial charge on any atom is -0.496 e. The Morgan fingerprint density at radius 3 is 2.56 bits per heavy atom. The van der Waals surface area contributed by atoms with E-state index >= 15 is 0 Å². The summed E-state index contributed by atoms with van der Waals surface area (Å²) in [5, 5.41) is 6.67. The summed E-state index contributed by atoms with van der Waals surface area (Å²) >= 11 is 0. The number of unbranched alkanes of at least 4 members (excludes halogenated alkanes) is 3. The number of nitrogens with zero attached hydrogens (tertiary/aromatic N) is 1. The van der Waals surface area contributed by atoms with Gasteiger partial charge in [-0.2, -0.15) is 0 Å². The number of rotatable bonds is 12. The maximum absolute atomic E-state index is 11.2. The summed E-state index contributed by atoms with van der Waals surface area (Å²) in [5.74, 6) is 1.66. The second-order valence-corrected chi connectivity index (χ2v) is 6.45. The van der Waals surface area contributed by atoms with Crippen LogP contribution in [0.5, 0.6) is 5.75 Å². The topological polar surface area (TPSA) is 72.0 Å². The Labute approximate surface area is 163 Å². The first kappa shape index (κ1) is 22.8. The SMILES string of the molecule is CCOC(=O)CCCCCCNC(=NC)NCCc1ccc(C)c(OC)c1. The molecule has 0 heterocycles. The number of benzene rings is 1. The van der Waals surface area contributed by atoms with Gasteiger partial charge in [-0.1, -0.05) is 25.0 Å². The number of aryl methyl sites for hydroxylation is 1. The van der Waals surface area contributed by atoms with Crippen LogP contribution in [-0.4, -0.2) is 45.8 Å². The highest BCUT2D eigenvalue weighted by molar-refractivity contribution is 5.79. The Morgan fingerprint density at radius 1 is 1.11 bits per heavy atom. The molecule has 152 valence electrons. The quantitative estimate of drug-likeness (QED) is 0.253. The molecule has 0 atom stereocenters. The molecule has 0 radical (unpaired) electrons. The zero-order chi connectivity index (χ0) is 19.9. The third-order valence-electron chi connectivity index (χ3n) is 4.31. The van der Waals surface area contributed by atoms with Crippen molar-refractivity contribution in [3.63, 3.8) is 0 Å². The van der Waals surface area contributed by atoms with Crippen molar-refractivity contribution in [1.29, 1.82) is 0 Å². The highest BCUT2D eigenvalue weighted by Gasteiger charge is 2.03. The molecule has 0 aromatic heterocycles. The van der Waals surface area contributed by atoms with Gasteiger partial charge in [0.05, 0.1) is 13.7 Å². The van der Waals surface area contributed by atoms with E-state index in [2.05, 4.69) is 33.8 Å². The number of carbonyl (C=O) groups excluding carboxylic acids is 1. The van der Waals surface area contributed by atoms with Gasteiger partial charge in [0.2, 0.25) is 0 Å². The first-order valence-corrected chi connectivity index (χ1v) is 9.84. The lowest BCUT2D eigenvalue weighted by Crippen LogP contribution is -2.38. The summed E-state index contributed by atoms with van der Waals surface area (Å²) in [6.07, 6.45) is 5.51. The third-order valence-corrected chi connectivity index (χ3v) is 4.31. The molecule has 6 heteroatoms. The van der Waals surface area contributed by atoms with E-state index in [1.807, 2.05) is 13.8 Å². The molecule has 0 unspecified atom stereocenters. The van der Waals surface area contributed by atoms with Crippen LogP contribution in [0.15, 0.2) is 23.2 Å². The molecule has 27 heavy (non-hydrogen) atoms. The number of guanidine groups is 1. The van der Waals surface area contributed by atoms with Gasteiger partial charge in [-0.3, -0.25) is 9.79 Å². The summed E-state index contributed by atoms with van der Waals surface area (Å²) in [6, 6.07) is 6.30. The first-order valence-electron chi connectivity index (χ1n) is 9.84. The van der Waals surface area contributed by atoms with Crippen molar-refractivity contribution < 1.29 is 14.3 Å². The van der Waals surface area contributed by atoms with Gasteiger partial charge in [0, 0.05) is 26.6 Å². The average molecular weight is 378 g/mol. The van der Waals surface area contributed by atoms with Crippen LogP contribution < -0.4 is 15.4 Å². The van der Waals surface area contributed by atoms with Crippen LogP contribution in [0.2, 0.25) is 0 Å². The van der Waals surface area contributed by atoms with E-state index in [1.54, 1.807) is 14.2 Å². The molecule has 2 N–H and O–H groups in total. The highest BCUT2D eigenvalue weighted by atomic mass is 16.5. The maximum Gasteiger partial charge on any atom is 0.305 e. The second-order valence-electron chi connectivity index (χ2n) is 6.45. The van der Waals surface area contributed by atoms with E-state index in [0.717, 1.165) is 62.5 Å². The molecule has 0 aliphatic rings. The number of ether oxygens (including phenoxy) is 2. The third kappa shape index (κ3) is 9.87. The zero-order valence-corrected chi connectivity index (χ0v) is 17.3. The van der Waals surface area contributed by atoms with E-state index in [-0.39, 0.29) is 5.97 Å². The van der Waals surface area contributed by atoms with E-state index in [0.29, 0.717) is 13.0 Å². The van der Waals surface area contributed by atoms with Crippen molar-refractivity contribution in [3.05, 3.63) is 29.3 Å². The fourth-order valence-corrected chi connectivity index (χ4v) is 2.75. The molecule has 0 aliphatic carbocycles. The van der Waals surface area contributed by atoms with Gasteiger partial charge < -0.3 is 20.1 Å². The fourth-order valence-electron chi connectivity index (χ4n) is 2.75. The molecule has 0 bridgehead atoms. The van der Waals surface area contributed by atoms with Crippen molar-refractivity contribution in [2.24, 2.45) is 4.99 Å². The highest BCUT2D eigenvalue weighted by Crippen LogP contribution is 2.18. The number of methoxy groups -OCH3 is 1. The molecule has 0 spiro atoms. The summed E-state index contributed by atoms with van der Waals surface area (Å²) < 4.78 is 10.3.